The molecule has 0 saturated heterocycles. The molecule has 2 amide bonds. The molecule has 1 saturated carbocycles. The van der Waals surface area contributed by atoms with Crippen LogP contribution in [0.25, 0.3) is 6.08 Å². The molecule has 3 rings (SSSR count). The molecule has 6 heteroatoms. The molecule has 0 atom stereocenters. The quantitative estimate of drug-likeness (QED) is 0.520. The third kappa shape index (κ3) is 5.82. The van der Waals surface area contributed by atoms with Gasteiger partial charge in [0.15, 0.2) is 11.6 Å². The molecule has 0 aromatic heterocycles. The number of benzene rings is 2. The molecule has 0 heterocycles. The molecule has 1 fully saturated rings. The molecule has 2 aromatic rings. The number of hydrogen-bond acceptors (Lipinski definition) is 3. The monoisotopic (exact) mass is 384 g/mol. The highest BCUT2D eigenvalue weighted by atomic mass is 19.1. The number of nitrogens with one attached hydrogen (secondary N) is 1. The van der Waals surface area contributed by atoms with E-state index < -0.39 is 11.8 Å². The van der Waals surface area contributed by atoms with E-state index in [2.05, 4.69) is 5.32 Å². The first kappa shape index (κ1) is 19.9. The average Bonchev–Trinajstić information content (AvgIpc) is 2.72. The standard InChI is InChI=1S/C22H25FN2O3/c23-20-14-13-17(16-21(20)28-19-11-5-2-6-12-19)8-7-15-25(27)22(26)24-18-9-3-1-4-10-18/h2,5-8,11-14,16,18,27H,1,3-4,9-10,15H2,(H,24,26). The van der Waals surface area contributed by atoms with E-state index in [1.807, 2.05) is 18.2 Å². The summed E-state index contributed by atoms with van der Waals surface area (Å²) in [7, 11) is 0. The van der Waals surface area contributed by atoms with Gasteiger partial charge in [-0.2, -0.15) is 0 Å². The van der Waals surface area contributed by atoms with Crippen molar-refractivity contribution in [3.05, 3.63) is 66.0 Å². The van der Waals surface area contributed by atoms with Crippen LogP contribution in [-0.2, 0) is 0 Å². The Morgan fingerprint density at radius 3 is 2.68 bits per heavy atom. The smallest absolute Gasteiger partial charge is 0.341 e. The lowest BCUT2D eigenvalue weighted by molar-refractivity contribution is -0.0340. The Morgan fingerprint density at radius 2 is 1.93 bits per heavy atom. The number of hydroxylamine groups is 2. The third-order valence-corrected chi connectivity index (χ3v) is 4.68. The van der Waals surface area contributed by atoms with E-state index in [1.54, 1.807) is 36.4 Å². The topological polar surface area (TPSA) is 61.8 Å². The summed E-state index contributed by atoms with van der Waals surface area (Å²) in [6.07, 6.45) is 8.66. The summed E-state index contributed by atoms with van der Waals surface area (Å²) < 4.78 is 19.6. The number of ether oxygens (including phenoxy) is 1. The maximum Gasteiger partial charge on any atom is 0.341 e. The molecular formula is C22H25FN2O3. The van der Waals surface area contributed by atoms with E-state index in [0.717, 1.165) is 25.7 Å². The molecular weight excluding hydrogens is 359 g/mol. The first-order valence-electron chi connectivity index (χ1n) is 9.58. The van der Waals surface area contributed by atoms with Gasteiger partial charge >= 0.3 is 6.03 Å². The minimum atomic E-state index is -0.497. The zero-order valence-electron chi connectivity index (χ0n) is 15.7. The molecule has 148 valence electrons. The second-order valence-corrected chi connectivity index (χ2v) is 6.87. The Bertz CT molecular complexity index is 805. The first-order chi connectivity index (χ1) is 13.6. The molecule has 2 N–H and O–H groups in total. The number of para-hydroxylation sites is 1. The van der Waals surface area contributed by atoms with Crippen LogP contribution in [0.1, 0.15) is 37.7 Å². The number of urea groups is 1. The highest BCUT2D eigenvalue weighted by molar-refractivity contribution is 5.73. The summed E-state index contributed by atoms with van der Waals surface area (Å²) in [4.78, 5) is 12.0. The van der Waals surface area contributed by atoms with Crippen molar-refractivity contribution in [3.8, 4) is 11.5 Å². The van der Waals surface area contributed by atoms with Gasteiger partial charge in [-0.15, -0.1) is 0 Å². The Kier molecular flexibility index (Phi) is 7.03. The second kappa shape index (κ2) is 9.90. The van der Waals surface area contributed by atoms with Gasteiger partial charge in [0.1, 0.15) is 5.75 Å². The van der Waals surface area contributed by atoms with Gasteiger partial charge < -0.3 is 10.1 Å². The van der Waals surface area contributed by atoms with Gasteiger partial charge in [-0.3, -0.25) is 5.21 Å². The van der Waals surface area contributed by atoms with Crippen molar-refractivity contribution in [1.82, 2.24) is 10.4 Å². The maximum absolute atomic E-state index is 14.0. The highest BCUT2D eigenvalue weighted by Gasteiger charge is 2.18. The van der Waals surface area contributed by atoms with E-state index >= 15 is 0 Å². The maximum atomic E-state index is 14.0. The molecule has 0 unspecified atom stereocenters. The van der Waals surface area contributed by atoms with Crippen molar-refractivity contribution in [3.63, 3.8) is 0 Å². The number of amides is 2. The van der Waals surface area contributed by atoms with Gasteiger partial charge in [0.2, 0.25) is 0 Å². The molecule has 0 radical (unpaired) electrons. The fourth-order valence-electron chi connectivity index (χ4n) is 3.18. The fourth-order valence-corrected chi connectivity index (χ4v) is 3.18. The summed E-state index contributed by atoms with van der Waals surface area (Å²) in [5, 5.41) is 13.4. The summed E-state index contributed by atoms with van der Waals surface area (Å²) in [6.45, 7) is 0.0325. The Balaban J connectivity index is 1.54. The summed E-state index contributed by atoms with van der Waals surface area (Å²) in [5.41, 5.74) is 0.702. The second-order valence-electron chi connectivity index (χ2n) is 6.87. The Hall–Kier alpha value is -2.86. The van der Waals surface area contributed by atoms with Crippen LogP contribution in [0.4, 0.5) is 9.18 Å². The molecule has 5 nitrogen and oxygen atoms in total. The molecule has 28 heavy (non-hydrogen) atoms. The normalized spacial score (nSPS) is 14.8. The number of rotatable bonds is 6. The molecule has 1 aliphatic rings. The molecule has 0 bridgehead atoms. The van der Waals surface area contributed by atoms with Crippen molar-refractivity contribution in [1.29, 1.82) is 0 Å². The third-order valence-electron chi connectivity index (χ3n) is 4.68. The van der Waals surface area contributed by atoms with E-state index in [1.165, 1.54) is 12.5 Å². The minimum Gasteiger partial charge on any atom is -0.454 e. The molecule has 1 aliphatic carbocycles. The number of carbonyl (C=O) groups is 1. The van der Waals surface area contributed by atoms with Crippen molar-refractivity contribution in [2.45, 2.75) is 38.1 Å². The SMILES string of the molecule is O=C(NC1CCCCC1)N(O)CC=Cc1ccc(F)c(Oc2ccccc2)c1. The van der Waals surface area contributed by atoms with E-state index in [4.69, 9.17) is 4.74 Å². The Labute approximate surface area is 164 Å². The van der Waals surface area contributed by atoms with Crippen LogP contribution in [0.3, 0.4) is 0 Å². The van der Waals surface area contributed by atoms with Gasteiger partial charge in [-0.25, -0.2) is 14.2 Å². The molecule has 0 aliphatic heterocycles. The van der Waals surface area contributed by atoms with Crippen LogP contribution in [0.5, 0.6) is 11.5 Å². The van der Waals surface area contributed by atoms with Crippen LogP contribution in [0, 0.1) is 5.82 Å². The molecule has 0 spiro atoms. The van der Waals surface area contributed by atoms with E-state index in [9.17, 15) is 14.4 Å². The van der Waals surface area contributed by atoms with Gasteiger partial charge in [-0.05, 0) is 42.7 Å². The van der Waals surface area contributed by atoms with Gasteiger partial charge in [0, 0.05) is 6.04 Å². The number of carbonyl (C=O) groups excluding carboxylic acids is 1. The van der Waals surface area contributed by atoms with Crippen LogP contribution >= 0.6 is 0 Å². The number of hydrogen-bond donors (Lipinski definition) is 2. The summed E-state index contributed by atoms with van der Waals surface area (Å²) >= 11 is 0. The first-order valence-corrected chi connectivity index (χ1v) is 9.58. The van der Waals surface area contributed by atoms with Crippen molar-refractivity contribution in [2.24, 2.45) is 0 Å². The van der Waals surface area contributed by atoms with Crippen molar-refractivity contribution in [2.75, 3.05) is 6.54 Å². The zero-order chi connectivity index (χ0) is 19.8. The van der Waals surface area contributed by atoms with Crippen LogP contribution < -0.4 is 10.1 Å². The lowest BCUT2D eigenvalue weighted by atomic mass is 9.96. The van der Waals surface area contributed by atoms with Crippen molar-refractivity contribution < 1.29 is 19.1 Å². The highest BCUT2D eigenvalue weighted by Crippen LogP contribution is 2.25. The minimum absolute atomic E-state index is 0.0325. The van der Waals surface area contributed by atoms with E-state index in [0.29, 0.717) is 16.4 Å². The average molecular weight is 384 g/mol. The number of nitrogens with zero attached hydrogens (tertiary/aromatic N) is 1. The fraction of sp³-hybridized carbons (Fsp3) is 0.318. The number of halogens is 1. The lowest BCUT2D eigenvalue weighted by Crippen LogP contribution is -2.44. The lowest BCUT2D eigenvalue weighted by Gasteiger charge is -2.24. The summed E-state index contributed by atoms with van der Waals surface area (Å²) in [6, 6.07) is 13.1. The van der Waals surface area contributed by atoms with Gasteiger partial charge in [0.25, 0.3) is 0 Å². The summed E-state index contributed by atoms with van der Waals surface area (Å²) in [5.74, 6) is 0.198. The van der Waals surface area contributed by atoms with Crippen molar-refractivity contribution >= 4 is 12.1 Å². The van der Waals surface area contributed by atoms with Crippen LogP contribution in [0.15, 0.2) is 54.6 Å². The van der Waals surface area contributed by atoms with Crippen LogP contribution in [-0.4, -0.2) is 28.9 Å². The Morgan fingerprint density at radius 1 is 1.18 bits per heavy atom. The zero-order valence-corrected chi connectivity index (χ0v) is 15.7. The predicted molar refractivity (Wildman–Crippen MR) is 106 cm³/mol. The largest absolute Gasteiger partial charge is 0.454 e. The van der Waals surface area contributed by atoms with E-state index in [-0.39, 0.29) is 18.3 Å². The van der Waals surface area contributed by atoms with Crippen LogP contribution in [0.2, 0.25) is 0 Å². The molecule has 2 aromatic carbocycles. The van der Waals surface area contributed by atoms with Gasteiger partial charge in [0.05, 0.1) is 6.54 Å². The predicted octanol–water partition coefficient (Wildman–Crippen LogP) is 5.36. The van der Waals surface area contributed by atoms with Gasteiger partial charge in [-0.1, -0.05) is 55.7 Å².